The lowest BCUT2D eigenvalue weighted by atomic mass is 10.0. The standard InChI is InChI=1S/C14H7BrN2O3S/c15-12-9(6-1-3-7(18)4-2-6)10-11(19)8(5-16)13(20)17-14(10)21-12/h1-4,18H,(H2,17,19,20). The maximum Gasteiger partial charge on any atom is 0.270 e. The van der Waals surface area contributed by atoms with Crippen molar-refractivity contribution < 1.29 is 10.2 Å². The average molecular weight is 363 g/mol. The van der Waals surface area contributed by atoms with Gasteiger partial charge in [-0.1, -0.05) is 12.1 Å². The second-order valence-electron chi connectivity index (χ2n) is 4.29. The first-order valence-corrected chi connectivity index (χ1v) is 7.40. The number of aromatic amines is 1. The highest BCUT2D eigenvalue weighted by atomic mass is 79.9. The van der Waals surface area contributed by atoms with Gasteiger partial charge in [-0.05, 0) is 33.6 Å². The number of nitriles is 1. The fraction of sp³-hybridized carbons (Fsp3) is 0. The first kappa shape index (κ1) is 13.7. The van der Waals surface area contributed by atoms with E-state index in [2.05, 4.69) is 20.9 Å². The van der Waals surface area contributed by atoms with Crippen molar-refractivity contribution in [2.75, 3.05) is 0 Å². The normalized spacial score (nSPS) is 10.7. The molecule has 0 aliphatic rings. The molecule has 0 spiro atoms. The van der Waals surface area contributed by atoms with E-state index in [0.29, 0.717) is 19.6 Å². The molecule has 0 aliphatic heterocycles. The van der Waals surface area contributed by atoms with Gasteiger partial charge in [0.1, 0.15) is 22.4 Å². The number of phenols is 1. The molecule has 3 aromatic rings. The van der Waals surface area contributed by atoms with E-state index in [1.165, 1.54) is 23.5 Å². The van der Waals surface area contributed by atoms with Crippen molar-refractivity contribution in [1.29, 1.82) is 5.26 Å². The molecule has 3 N–H and O–H groups in total. The van der Waals surface area contributed by atoms with Crippen molar-refractivity contribution in [2.24, 2.45) is 0 Å². The van der Waals surface area contributed by atoms with Crippen LogP contribution in [0, 0.1) is 11.3 Å². The van der Waals surface area contributed by atoms with Gasteiger partial charge in [-0.2, -0.15) is 5.26 Å². The number of hydrogen-bond donors (Lipinski definition) is 3. The number of nitrogens with zero attached hydrogens (tertiary/aromatic N) is 1. The lowest BCUT2D eigenvalue weighted by molar-refractivity contribution is 0.475. The predicted octanol–water partition coefficient (Wildman–Crippen LogP) is 3.30. The monoisotopic (exact) mass is 362 g/mol. The number of H-pyrrole nitrogens is 1. The van der Waals surface area contributed by atoms with Crippen molar-refractivity contribution in [1.82, 2.24) is 4.98 Å². The van der Waals surface area contributed by atoms with Crippen LogP contribution in [-0.2, 0) is 0 Å². The van der Waals surface area contributed by atoms with Crippen LogP contribution >= 0.6 is 27.3 Å². The van der Waals surface area contributed by atoms with Gasteiger partial charge in [-0.15, -0.1) is 11.3 Å². The Balaban J connectivity index is 2.43. The lowest BCUT2D eigenvalue weighted by Gasteiger charge is -2.04. The van der Waals surface area contributed by atoms with Gasteiger partial charge in [0, 0.05) is 5.56 Å². The van der Waals surface area contributed by atoms with Gasteiger partial charge in [0.25, 0.3) is 5.56 Å². The number of halogens is 1. The summed E-state index contributed by atoms with van der Waals surface area (Å²) < 4.78 is 0.712. The number of nitrogens with one attached hydrogen (secondary N) is 1. The molecule has 2 aromatic heterocycles. The smallest absolute Gasteiger partial charge is 0.270 e. The molecule has 2 heterocycles. The van der Waals surface area contributed by atoms with Crippen LogP contribution in [-0.4, -0.2) is 15.2 Å². The summed E-state index contributed by atoms with van der Waals surface area (Å²) in [6.45, 7) is 0. The first-order valence-electron chi connectivity index (χ1n) is 5.79. The molecule has 0 aliphatic carbocycles. The molecular formula is C14H7BrN2O3S. The zero-order valence-electron chi connectivity index (χ0n) is 10.3. The van der Waals surface area contributed by atoms with Gasteiger partial charge in [-0.25, -0.2) is 0 Å². The van der Waals surface area contributed by atoms with Crippen LogP contribution < -0.4 is 5.56 Å². The predicted molar refractivity (Wildman–Crippen MR) is 83.6 cm³/mol. The van der Waals surface area contributed by atoms with Crippen LogP contribution in [0.5, 0.6) is 11.5 Å². The SMILES string of the molecule is N#Cc1c(O)c2c(-c3ccc(O)cc3)c(Br)sc2[nH]c1=O. The van der Waals surface area contributed by atoms with Crippen LogP contribution in [0.1, 0.15) is 5.56 Å². The van der Waals surface area contributed by atoms with Crippen molar-refractivity contribution in [3.8, 4) is 28.7 Å². The maximum atomic E-state index is 11.7. The van der Waals surface area contributed by atoms with Crippen molar-refractivity contribution in [3.05, 3.63) is 44.0 Å². The number of aromatic hydroxyl groups is 2. The maximum absolute atomic E-state index is 11.7. The largest absolute Gasteiger partial charge is 0.508 e. The van der Waals surface area contributed by atoms with Gasteiger partial charge in [-0.3, -0.25) is 4.79 Å². The summed E-state index contributed by atoms with van der Waals surface area (Å²) >= 11 is 4.66. The molecule has 104 valence electrons. The summed E-state index contributed by atoms with van der Waals surface area (Å²) in [5.41, 5.74) is 0.485. The molecule has 0 saturated heterocycles. The Bertz CT molecular complexity index is 951. The highest BCUT2D eigenvalue weighted by Gasteiger charge is 2.20. The van der Waals surface area contributed by atoms with Gasteiger partial charge < -0.3 is 15.2 Å². The van der Waals surface area contributed by atoms with Gasteiger partial charge >= 0.3 is 0 Å². The molecule has 3 rings (SSSR count). The van der Waals surface area contributed by atoms with Crippen LogP contribution in [0.3, 0.4) is 0 Å². The average Bonchev–Trinajstić information content (AvgIpc) is 2.76. The molecule has 0 radical (unpaired) electrons. The Kier molecular flexibility index (Phi) is 3.20. The van der Waals surface area contributed by atoms with Crippen molar-refractivity contribution >= 4 is 37.5 Å². The van der Waals surface area contributed by atoms with E-state index in [0.717, 1.165) is 5.56 Å². The Hall–Kier alpha value is -2.30. The summed E-state index contributed by atoms with van der Waals surface area (Å²) in [5.74, 6) is -0.203. The zero-order valence-corrected chi connectivity index (χ0v) is 12.7. The molecule has 0 fully saturated rings. The van der Waals surface area contributed by atoms with Crippen LogP contribution in [0.15, 0.2) is 32.8 Å². The van der Waals surface area contributed by atoms with E-state index >= 15 is 0 Å². The van der Waals surface area contributed by atoms with E-state index in [-0.39, 0.29) is 17.1 Å². The molecule has 5 nitrogen and oxygen atoms in total. The van der Waals surface area contributed by atoms with Crippen molar-refractivity contribution in [2.45, 2.75) is 0 Å². The fourth-order valence-corrected chi connectivity index (χ4v) is 3.96. The fourth-order valence-electron chi connectivity index (χ4n) is 2.11. The van der Waals surface area contributed by atoms with E-state index in [1.54, 1.807) is 18.2 Å². The number of pyridine rings is 1. The van der Waals surface area contributed by atoms with Crippen molar-refractivity contribution in [3.63, 3.8) is 0 Å². The van der Waals surface area contributed by atoms with Gasteiger partial charge in [0.05, 0.1) is 9.17 Å². The number of fused-ring (bicyclic) bond motifs is 1. The molecule has 0 unspecified atom stereocenters. The number of phenolic OH excluding ortho intramolecular Hbond substituents is 1. The molecule has 0 amide bonds. The Morgan fingerprint density at radius 2 is 1.90 bits per heavy atom. The lowest BCUT2D eigenvalue weighted by Crippen LogP contribution is -2.09. The van der Waals surface area contributed by atoms with Crippen LogP contribution in [0.25, 0.3) is 21.3 Å². The molecule has 1 aromatic carbocycles. The molecule has 0 bridgehead atoms. The molecule has 0 atom stereocenters. The summed E-state index contributed by atoms with van der Waals surface area (Å²) in [5, 5.41) is 29.0. The van der Waals surface area contributed by atoms with E-state index in [9.17, 15) is 15.0 Å². The molecule has 7 heteroatoms. The Labute approximate surface area is 130 Å². The minimum Gasteiger partial charge on any atom is -0.508 e. The molecular weight excluding hydrogens is 356 g/mol. The first-order chi connectivity index (χ1) is 10.0. The molecule has 0 saturated carbocycles. The number of aromatic nitrogens is 1. The summed E-state index contributed by atoms with van der Waals surface area (Å²) in [7, 11) is 0. The second-order valence-corrected chi connectivity index (χ2v) is 6.63. The highest BCUT2D eigenvalue weighted by Crippen LogP contribution is 2.45. The summed E-state index contributed by atoms with van der Waals surface area (Å²) in [4.78, 5) is 14.8. The quantitative estimate of drug-likeness (QED) is 0.618. The van der Waals surface area contributed by atoms with E-state index in [4.69, 9.17) is 5.26 Å². The topological polar surface area (TPSA) is 97.1 Å². The number of rotatable bonds is 1. The minimum atomic E-state index is -0.617. The van der Waals surface area contributed by atoms with E-state index in [1.807, 2.05) is 0 Å². The Morgan fingerprint density at radius 3 is 2.52 bits per heavy atom. The van der Waals surface area contributed by atoms with Gasteiger partial charge in [0.15, 0.2) is 5.56 Å². The Morgan fingerprint density at radius 1 is 1.24 bits per heavy atom. The second kappa shape index (κ2) is 4.91. The van der Waals surface area contributed by atoms with Crippen LogP contribution in [0.4, 0.5) is 0 Å². The highest BCUT2D eigenvalue weighted by molar-refractivity contribution is 9.11. The third-order valence-corrected chi connectivity index (χ3v) is 4.84. The third kappa shape index (κ3) is 2.09. The molecule has 21 heavy (non-hydrogen) atoms. The zero-order chi connectivity index (χ0) is 15.1. The third-order valence-electron chi connectivity index (χ3n) is 3.06. The summed E-state index contributed by atoms with van der Waals surface area (Å²) in [6, 6.07) is 8.15. The summed E-state index contributed by atoms with van der Waals surface area (Å²) in [6.07, 6.45) is 0. The van der Waals surface area contributed by atoms with Gasteiger partial charge in [0.2, 0.25) is 0 Å². The number of thiophene rings is 1. The number of benzene rings is 1. The minimum absolute atomic E-state index is 0.129. The van der Waals surface area contributed by atoms with E-state index < -0.39 is 5.56 Å². The number of hydrogen-bond acceptors (Lipinski definition) is 5. The van der Waals surface area contributed by atoms with Crippen LogP contribution in [0.2, 0.25) is 0 Å².